The maximum absolute atomic E-state index is 13.9. The average molecular weight is 534 g/mol. The van der Waals surface area contributed by atoms with Crippen molar-refractivity contribution in [1.82, 2.24) is 25.6 Å². The van der Waals surface area contributed by atoms with E-state index in [1.54, 1.807) is 4.90 Å². The van der Waals surface area contributed by atoms with E-state index in [4.69, 9.17) is 4.52 Å². The summed E-state index contributed by atoms with van der Waals surface area (Å²) in [6.07, 6.45) is 0.896. The minimum absolute atomic E-state index is 0.0302. The maximum Gasteiger partial charge on any atom is 0.225 e. The molecule has 9 nitrogen and oxygen atoms in total. The second kappa shape index (κ2) is 12.8. The van der Waals surface area contributed by atoms with E-state index in [0.29, 0.717) is 38.3 Å². The highest BCUT2D eigenvalue weighted by molar-refractivity contribution is 5.89. The third-order valence-corrected chi connectivity index (χ3v) is 7.25. The SMILES string of the molecule is CCCCN1CC(C(=O)N[C@@H](Cc2cc(F)cc(F)c2)[C@H](O)[C@H]2CN(Cc3cc(C)on3)CCN2)CC1=O. The lowest BCUT2D eigenvalue weighted by Gasteiger charge is -2.38. The second-order valence-corrected chi connectivity index (χ2v) is 10.4. The van der Waals surface area contributed by atoms with Crippen molar-refractivity contribution in [3.8, 4) is 0 Å². The molecule has 4 rings (SSSR count). The van der Waals surface area contributed by atoms with E-state index >= 15 is 0 Å². The predicted octanol–water partition coefficient (Wildman–Crippen LogP) is 1.77. The van der Waals surface area contributed by atoms with Crippen LogP contribution in [0, 0.1) is 24.5 Å². The Labute approximate surface area is 221 Å². The van der Waals surface area contributed by atoms with Gasteiger partial charge in [-0.3, -0.25) is 14.5 Å². The number of carbonyl (C=O) groups excluding carboxylic acids is 2. The highest BCUT2D eigenvalue weighted by Crippen LogP contribution is 2.21. The van der Waals surface area contributed by atoms with E-state index < -0.39 is 35.7 Å². The molecule has 2 aliphatic rings. The summed E-state index contributed by atoms with van der Waals surface area (Å²) in [6, 6.07) is 3.82. The summed E-state index contributed by atoms with van der Waals surface area (Å²) in [6.45, 7) is 7.17. The van der Waals surface area contributed by atoms with Crippen molar-refractivity contribution in [2.75, 3.05) is 32.7 Å². The highest BCUT2D eigenvalue weighted by Gasteiger charge is 2.37. The first kappa shape index (κ1) is 28.1. The van der Waals surface area contributed by atoms with Gasteiger partial charge in [0.25, 0.3) is 0 Å². The van der Waals surface area contributed by atoms with Crippen LogP contribution in [0.2, 0.25) is 0 Å². The van der Waals surface area contributed by atoms with Gasteiger partial charge in [-0.05, 0) is 37.5 Å². The highest BCUT2D eigenvalue weighted by atomic mass is 19.1. The number of aromatic nitrogens is 1. The largest absolute Gasteiger partial charge is 0.389 e. The van der Waals surface area contributed by atoms with Gasteiger partial charge in [-0.2, -0.15) is 0 Å². The lowest BCUT2D eigenvalue weighted by atomic mass is 9.94. The Hall–Kier alpha value is -2.89. The number of aliphatic hydroxyl groups excluding tert-OH is 1. The molecule has 2 aliphatic heterocycles. The molecule has 11 heteroatoms. The molecule has 1 aromatic carbocycles. The van der Waals surface area contributed by atoms with Crippen LogP contribution >= 0.6 is 0 Å². The van der Waals surface area contributed by atoms with Gasteiger partial charge in [-0.25, -0.2) is 8.78 Å². The Morgan fingerprint density at radius 1 is 1.26 bits per heavy atom. The first-order chi connectivity index (χ1) is 18.2. The smallest absolute Gasteiger partial charge is 0.225 e. The summed E-state index contributed by atoms with van der Waals surface area (Å²) >= 11 is 0. The van der Waals surface area contributed by atoms with Crippen LogP contribution in [-0.2, 0) is 22.6 Å². The average Bonchev–Trinajstić information content (AvgIpc) is 3.45. The van der Waals surface area contributed by atoms with E-state index in [9.17, 15) is 23.5 Å². The van der Waals surface area contributed by atoms with Crippen molar-refractivity contribution in [2.45, 2.75) is 64.3 Å². The molecule has 0 radical (unpaired) electrons. The van der Waals surface area contributed by atoms with Crippen LogP contribution < -0.4 is 10.6 Å². The van der Waals surface area contributed by atoms with Gasteiger partial charge in [0, 0.05) is 63.9 Å². The van der Waals surface area contributed by atoms with Gasteiger partial charge < -0.3 is 25.2 Å². The molecular weight excluding hydrogens is 496 g/mol. The standard InChI is InChI=1S/C27H37F2N5O4/c1-3-4-6-34-14-19(12-25(34)35)27(37)31-23(11-18-9-20(28)13-21(29)10-18)26(36)24-16-33(7-5-30-24)15-22-8-17(2)38-32-22/h8-10,13,19,23-24,26,30,36H,3-7,11-12,14-16H2,1-2H3,(H,31,37)/t19?,23-,24+,26-/m0/s1. The number of rotatable bonds is 11. The minimum Gasteiger partial charge on any atom is -0.389 e. The van der Waals surface area contributed by atoms with Crippen molar-refractivity contribution in [1.29, 1.82) is 0 Å². The molecule has 3 heterocycles. The van der Waals surface area contributed by atoms with Gasteiger partial charge >= 0.3 is 0 Å². The third kappa shape index (κ3) is 7.36. The number of halogens is 2. The van der Waals surface area contributed by atoms with Crippen molar-refractivity contribution >= 4 is 11.8 Å². The third-order valence-electron chi connectivity index (χ3n) is 7.25. The van der Waals surface area contributed by atoms with Crippen LogP contribution in [0.3, 0.4) is 0 Å². The molecule has 4 atom stereocenters. The Morgan fingerprint density at radius 3 is 2.71 bits per heavy atom. The van der Waals surface area contributed by atoms with Gasteiger partial charge in [0.2, 0.25) is 11.8 Å². The fraction of sp³-hybridized carbons (Fsp3) is 0.593. The summed E-state index contributed by atoms with van der Waals surface area (Å²) in [5.74, 6) is -1.67. The Bertz CT molecular complexity index is 1090. The summed E-state index contributed by atoms with van der Waals surface area (Å²) in [7, 11) is 0. The molecule has 2 aromatic rings. The summed E-state index contributed by atoms with van der Waals surface area (Å²) in [4.78, 5) is 29.5. The zero-order valence-electron chi connectivity index (χ0n) is 22.0. The molecule has 0 saturated carbocycles. The number of nitrogens with zero attached hydrogens (tertiary/aromatic N) is 3. The number of hydrogen-bond donors (Lipinski definition) is 3. The van der Waals surface area contributed by atoms with E-state index in [2.05, 4.69) is 20.7 Å². The Morgan fingerprint density at radius 2 is 2.03 bits per heavy atom. The minimum atomic E-state index is -1.06. The van der Waals surface area contributed by atoms with Crippen LogP contribution in [0.15, 0.2) is 28.8 Å². The topological polar surface area (TPSA) is 111 Å². The monoisotopic (exact) mass is 533 g/mol. The van der Waals surface area contributed by atoms with Crippen LogP contribution in [-0.4, -0.2) is 82.8 Å². The lowest BCUT2D eigenvalue weighted by molar-refractivity contribution is -0.129. The van der Waals surface area contributed by atoms with E-state index in [-0.39, 0.29) is 24.7 Å². The Kier molecular flexibility index (Phi) is 9.45. The molecule has 0 spiro atoms. The zero-order chi connectivity index (χ0) is 27.2. The fourth-order valence-corrected chi connectivity index (χ4v) is 5.27. The molecule has 3 N–H and O–H groups in total. The van der Waals surface area contributed by atoms with Gasteiger partial charge in [-0.15, -0.1) is 0 Å². The van der Waals surface area contributed by atoms with E-state index in [1.807, 2.05) is 19.9 Å². The molecule has 1 unspecified atom stereocenters. The van der Waals surface area contributed by atoms with Gasteiger partial charge in [0.1, 0.15) is 17.4 Å². The molecule has 0 aliphatic carbocycles. The number of hydrogen-bond acceptors (Lipinski definition) is 7. The van der Waals surface area contributed by atoms with E-state index in [0.717, 1.165) is 36.9 Å². The number of benzene rings is 1. The number of likely N-dealkylation sites (tertiary alicyclic amines) is 1. The van der Waals surface area contributed by atoms with Gasteiger partial charge in [-0.1, -0.05) is 18.5 Å². The van der Waals surface area contributed by atoms with Gasteiger partial charge in [0.05, 0.1) is 23.8 Å². The van der Waals surface area contributed by atoms with Crippen LogP contribution in [0.5, 0.6) is 0 Å². The zero-order valence-corrected chi connectivity index (χ0v) is 22.0. The lowest BCUT2D eigenvalue weighted by Crippen LogP contribution is -2.61. The number of aryl methyl sites for hydroxylation is 1. The van der Waals surface area contributed by atoms with Crippen molar-refractivity contribution < 1.29 is 28.0 Å². The second-order valence-electron chi connectivity index (χ2n) is 10.4. The number of unbranched alkanes of at least 4 members (excludes halogenated alkanes) is 1. The molecule has 2 fully saturated rings. The number of aliphatic hydroxyl groups is 1. The molecule has 208 valence electrons. The first-order valence-corrected chi connectivity index (χ1v) is 13.3. The summed E-state index contributed by atoms with van der Waals surface area (Å²) in [5.41, 5.74) is 1.11. The maximum atomic E-state index is 13.9. The van der Waals surface area contributed by atoms with E-state index in [1.165, 1.54) is 12.1 Å². The predicted molar refractivity (Wildman–Crippen MR) is 136 cm³/mol. The van der Waals surface area contributed by atoms with Crippen LogP contribution in [0.1, 0.15) is 43.2 Å². The number of carbonyl (C=O) groups is 2. The summed E-state index contributed by atoms with van der Waals surface area (Å²) < 4.78 is 33.0. The normalized spacial score (nSPS) is 22.0. The number of amides is 2. The van der Waals surface area contributed by atoms with Crippen LogP contribution in [0.4, 0.5) is 8.78 Å². The quantitative estimate of drug-likeness (QED) is 0.404. The fourth-order valence-electron chi connectivity index (χ4n) is 5.27. The van der Waals surface area contributed by atoms with Crippen molar-refractivity contribution in [3.05, 3.63) is 52.9 Å². The van der Waals surface area contributed by atoms with Crippen LogP contribution in [0.25, 0.3) is 0 Å². The Balaban J connectivity index is 1.46. The first-order valence-electron chi connectivity index (χ1n) is 13.3. The molecular formula is C27H37F2N5O4. The molecule has 2 saturated heterocycles. The number of nitrogens with one attached hydrogen (secondary N) is 2. The molecule has 1 aromatic heterocycles. The van der Waals surface area contributed by atoms with Crippen molar-refractivity contribution in [3.63, 3.8) is 0 Å². The summed E-state index contributed by atoms with van der Waals surface area (Å²) in [5, 5.41) is 21.7. The molecule has 0 bridgehead atoms. The number of piperazine rings is 1. The molecule has 38 heavy (non-hydrogen) atoms. The van der Waals surface area contributed by atoms with Gasteiger partial charge in [0.15, 0.2) is 0 Å². The van der Waals surface area contributed by atoms with Crippen molar-refractivity contribution in [2.24, 2.45) is 5.92 Å². The molecule has 2 amide bonds.